The minimum atomic E-state index is -0.799. The van der Waals surface area contributed by atoms with Crippen molar-refractivity contribution in [3.63, 3.8) is 0 Å². The molecule has 0 bridgehead atoms. The third-order valence-electron chi connectivity index (χ3n) is 6.31. The summed E-state index contributed by atoms with van der Waals surface area (Å²) < 4.78 is 16.3. The molecular weight excluding hydrogens is 406 g/mol. The summed E-state index contributed by atoms with van der Waals surface area (Å²) in [5.74, 6) is 1.19. The number of methoxy groups -OCH3 is 1. The Balaban J connectivity index is 1.68. The van der Waals surface area contributed by atoms with Gasteiger partial charge in [-0.15, -0.1) is 0 Å². The molecule has 6 nitrogen and oxygen atoms in total. The molecule has 170 valence electrons. The van der Waals surface area contributed by atoms with E-state index >= 15 is 0 Å². The van der Waals surface area contributed by atoms with E-state index < -0.39 is 11.9 Å². The smallest absolute Gasteiger partial charge is 0.309 e. The minimum absolute atomic E-state index is 0.177. The van der Waals surface area contributed by atoms with Gasteiger partial charge in [0.25, 0.3) is 0 Å². The number of fused-ring (bicyclic) bond motifs is 1. The summed E-state index contributed by atoms with van der Waals surface area (Å²) >= 11 is 0. The van der Waals surface area contributed by atoms with E-state index in [1.165, 1.54) is 0 Å². The molecule has 1 saturated heterocycles. The van der Waals surface area contributed by atoms with Crippen LogP contribution in [0.3, 0.4) is 0 Å². The van der Waals surface area contributed by atoms with Gasteiger partial charge in [0, 0.05) is 12.5 Å². The lowest BCUT2D eigenvalue weighted by atomic mass is 9.83. The normalized spacial score (nSPS) is 22.1. The molecule has 0 spiro atoms. The van der Waals surface area contributed by atoms with Gasteiger partial charge in [-0.3, -0.25) is 4.79 Å². The maximum Gasteiger partial charge on any atom is 0.309 e. The molecule has 0 aromatic heterocycles. The second-order valence-electron chi connectivity index (χ2n) is 8.85. The van der Waals surface area contributed by atoms with Crippen molar-refractivity contribution in [1.82, 2.24) is 4.90 Å². The van der Waals surface area contributed by atoms with Gasteiger partial charge in [0.1, 0.15) is 5.75 Å². The molecule has 2 aliphatic heterocycles. The molecule has 1 N–H and O–H groups in total. The first kappa shape index (κ1) is 22.1. The zero-order chi connectivity index (χ0) is 22.7. The van der Waals surface area contributed by atoms with Crippen molar-refractivity contribution in [2.45, 2.75) is 38.6 Å². The predicted octanol–water partition coefficient (Wildman–Crippen LogP) is 5.22. The van der Waals surface area contributed by atoms with Gasteiger partial charge < -0.3 is 24.2 Å². The molecule has 4 rings (SSSR count). The number of benzene rings is 2. The first-order chi connectivity index (χ1) is 15.5. The van der Waals surface area contributed by atoms with E-state index in [1.54, 1.807) is 7.11 Å². The molecule has 0 radical (unpaired) electrons. The summed E-state index contributed by atoms with van der Waals surface area (Å²) in [6, 6.07) is 13.2. The number of carbonyl (C=O) groups is 1. The maximum atomic E-state index is 12.6. The van der Waals surface area contributed by atoms with Gasteiger partial charge in [0.15, 0.2) is 11.5 Å². The molecule has 2 aromatic carbocycles. The Kier molecular flexibility index (Phi) is 6.58. The Hall–Kier alpha value is -3.15. The van der Waals surface area contributed by atoms with E-state index in [-0.39, 0.29) is 18.8 Å². The standard InChI is InChI=1S/C26H31NO5/c1-17(2)6-4-5-13-27-15-21(19-9-12-22-23(14-19)32-16-31-22)24(26(28)29)25(27)18-7-10-20(30-3)11-8-18/h5,7-14,17,21,24-25H,4,6,15-16H2,1-3H3,(H,28,29)/b13-5+. The Bertz CT molecular complexity index is 969. The fourth-order valence-corrected chi connectivity index (χ4v) is 4.64. The summed E-state index contributed by atoms with van der Waals surface area (Å²) in [5.41, 5.74) is 1.92. The van der Waals surface area contributed by atoms with Crippen molar-refractivity contribution >= 4 is 5.97 Å². The zero-order valence-electron chi connectivity index (χ0n) is 18.9. The number of ether oxygens (including phenoxy) is 3. The summed E-state index contributed by atoms with van der Waals surface area (Å²) in [5, 5.41) is 10.3. The van der Waals surface area contributed by atoms with Crippen molar-refractivity contribution in [2.75, 3.05) is 20.4 Å². The first-order valence-corrected chi connectivity index (χ1v) is 11.2. The molecule has 6 heteroatoms. The monoisotopic (exact) mass is 437 g/mol. The Morgan fingerprint density at radius 2 is 1.88 bits per heavy atom. The lowest BCUT2D eigenvalue weighted by Crippen LogP contribution is -2.26. The van der Waals surface area contributed by atoms with Gasteiger partial charge >= 0.3 is 5.97 Å². The van der Waals surface area contributed by atoms with Gasteiger partial charge in [0.2, 0.25) is 6.79 Å². The molecule has 0 amide bonds. The molecule has 32 heavy (non-hydrogen) atoms. The second kappa shape index (κ2) is 9.55. The largest absolute Gasteiger partial charge is 0.497 e. The van der Waals surface area contributed by atoms with Crippen molar-refractivity contribution in [1.29, 1.82) is 0 Å². The van der Waals surface area contributed by atoms with Crippen LogP contribution in [0.2, 0.25) is 0 Å². The van der Waals surface area contributed by atoms with Gasteiger partial charge in [-0.05, 0) is 60.4 Å². The van der Waals surface area contributed by atoms with Crippen molar-refractivity contribution in [3.8, 4) is 17.2 Å². The Morgan fingerprint density at radius 3 is 2.56 bits per heavy atom. The van der Waals surface area contributed by atoms with E-state index in [0.717, 1.165) is 29.7 Å². The lowest BCUT2D eigenvalue weighted by molar-refractivity contribution is -0.143. The van der Waals surface area contributed by atoms with Crippen LogP contribution in [0.25, 0.3) is 0 Å². The summed E-state index contributed by atoms with van der Waals surface area (Å²) in [4.78, 5) is 14.7. The highest BCUT2D eigenvalue weighted by molar-refractivity contribution is 5.74. The van der Waals surface area contributed by atoms with E-state index in [2.05, 4.69) is 31.0 Å². The van der Waals surface area contributed by atoms with Gasteiger partial charge in [-0.25, -0.2) is 0 Å². The van der Waals surface area contributed by atoms with Crippen LogP contribution in [0.15, 0.2) is 54.7 Å². The van der Waals surface area contributed by atoms with Crippen LogP contribution in [-0.2, 0) is 4.79 Å². The van der Waals surface area contributed by atoms with Gasteiger partial charge in [-0.2, -0.15) is 0 Å². The third-order valence-corrected chi connectivity index (χ3v) is 6.31. The predicted molar refractivity (Wildman–Crippen MR) is 122 cm³/mol. The SMILES string of the molecule is COc1ccc(C2C(C(=O)O)C(c3ccc4c(c3)OCO4)CN2/C=C/CCC(C)C)cc1. The number of carboxylic acid groups (broad SMARTS) is 1. The average Bonchev–Trinajstić information content (AvgIpc) is 3.40. The number of nitrogens with zero attached hydrogens (tertiary/aromatic N) is 1. The molecule has 0 aliphatic carbocycles. The summed E-state index contributed by atoms with van der Waals surface area (Å²) in [6.07, 6.45) is 6.32. The quantitative estimate of drug-likeness (QED) is 0.611. The molecule has 1 fully saturated rings. The first-order valence-electron chi connectivity index (χ1n) is 11.2. The van der Waals surface area contributed by atoms with Crippen LogP contribution in [0.5, 0.6) is 17.2 Å². The third kappa shape index (κ3) is 4.54. The van der Waals surface area contributed by atoms with Gasteiger partial charge in [0.05, 0.1) is 19.1 Å². The number of hydrogen-bond acceptors (Lipinski definition) is 5. The van der Waals surface area contributed by atoms with E-state index in [1.807, 2.05) is 42.5 Å². The van der Waals surface area contributed by atoms with Crippen LogP contribution in [-0.4, -0.2) is 36.4 Å². The number of hydrogen-bond donors (Lipinski definition) is 1. The van der Waals surface area contributed by atoms with Crippen LogP contribution >= 0.6 is 0 Å². The molecule has 3 atom stereocenters. The topological polar surface area (TPSA) is 68.2 Å². The highest BCUT2D eigenvalue weighted by atomic mass is 16.7. The highest BCUT2D eigenvalue weighted by Crippen LogP contribution is 2.48. The number of rotatable bonds is 8. The van der Waals surface area contributed by atoms with Crippen molar-refractivity contribution < 1.29 is 24.1 Å². The highest BCUT2D eigenvalue weighted by Gasteiger charge is 2.46. The fraction of sp³-hybridized carbons (Fsp3) is 0.423. The number of carboxylic acids is 1. The summed E-state index contributed by atoms with van der Waals surface area (Å²) in [7, 11) is 1.63. The molecule has 0 saturated carbocycles. The molecule has 3 unspecified atom stereocenters. The fourth-order valence-electron chi connectivity index (χ4n) is 4.64. The van der Waals surface area contributed by atoms with Crippen LogP contribution in [0, 0.1) is 11.8 Å². The Labute approximate surface area is 189 Å². The molecule has 2 heterocycles. The van der Waals surface area contributed by atoms with Crippen molar-refractivity contribution in [2.24, 2.45) is 11.8 Å². The zero-order valence-corrected chi connectivity index (χ0v) is 18.9. The lowest BCUT2D eigenvalue weighted by Gasteiger charge is -2.26. The van der Waals surface area contributed by atoms with Crippen LogP contribution in [0.4, 0.5) is 0 Å². The number of likely N-dealkylation sites (tertiary alicyclic amines) is 1. The summed E-state index contributed by atoms with van der Waals surface area (Å²) in [6.45, 7) is 5.23. The van der Waals surface area contributed by atoms with E-state index in [9.17, 15) is 9.90 Å². The number of allylic oxidation sites excluding steroid dienone is 1. The van der Waals surface area contributed by atoms with E-state index in [4.69, 9.17) is 14.2 Å². The molecule has 2 aromatic rings. The number of aliphatic carboxylic acids is 1. The maximum absolute atomic E-state index is 12.6. The molecular formula is C26H31NO5. The molecule has 2 aliphatic rings. The van der Waals surface area contributed by atoms with Crippen molar-refractivity contribution in [3.05, 3.63) is 65.9 Å². The van der Waals surface area contributed by atoms with Crippen LogP contribution < -0.4 is 14.2 Å². The average molecular weight is 438 g/mol. The Morgan fingerprint density at radius 1 is 1.16 bits per heavy atom. The van der Waals surface area contributed by atoms with Crippen LogP contribution in [0.1, 0.15) is 49.8 Å². The van der Waals surface area contributed by atoms with Gasteiger partial charge in [-0.1, -0.05) is 38.1 Å². The second-order valence-corrected chi connectivity index (χ2v) is 8.85. The minimum Gasteiger partial charge on any atom is -0.497 e. The van der Waals surface area contributed by atoms with E-state index in [0.29, 0.717) is 24.0 Å².